The molecule has 0 atom stereocenters. The Morgan fingerprint density at radius 3 is 2.52 bits per heavy atom. The van der Waals surface area contributed by atoms with Crippen LogP contribution in [0.4, 0.5) is 27.6 Å². The smallest absolute Gasteiger partial charge is 0.443 e. The zero-order chi connectivity index (χ0) is 22.9. The molecule has 0 aliphatic rings. The molecule has 3 aromatic rings. The second-order valence-electron chi connectivity index (χ2n) is 5.88. The average Bonchev–Trinajstić information content (AvgIpc) is 3.16. The van der Waals surface area contributed by atoms with Crippen LogP contribution in [-0.4, -0.2) is 28.9 Å². The molecule has 0 spiro atoms. The SMILES string of the molecule is COc1c(-c2sc(C(F)(F)F)nc2C(=O)Nc2ccnc(C(N)=O)c2)ccc(F)c1F. The number of pyridine rings is 1. The van der Waals surface area contributed by atoms with E-state index in [1.807, 2.05) is 0 Å². The Hall–Kier alpha value is -3.61. The van der Waals surface area contributed by atoms with Gasteiger partial charge in [0.05, 0.1) is 12.0 Å². The van der Waals surface area contributed by atoms with E-state index in [9.17, 15) is 31.5 Å². The summed E-state index contributed by atoms with van der Waals surface area (Å²) < 4.78 is 72.2. The van der Waals surface area contributed by atoms with Crippen molar-refractivity contribution in [3.63, 3.8) is 0 Å². The van der Waals surface area contributed by atoms with E-state index in [0.29, 0.717) is 6.07 Å². The van der Waals surface area contributed by atoms with Crippen LogP contribution < -0.4 is 15.8 Å². The van der Waals surface area contributed by atoms with Gasteiger partial charge >= 0.3 is 6.18 Å². The van der Waals surface area contributed by atoms with Crippen molar-refractivity contribution in [3.8, 4) is 16.2 Å². The van der Waals surface area contributed by atoms with Crippen LogP contribution in [0.2, 0.25) is 0 Å². The Labute approximate surface area is 174 Å². The monoisotopic (exact) mass is 458 g/mol. The number of methoxy groups -OCH3 is 1. The first-order chi connectivity index (χ1) is 14.5. The van der Waals surface area contributed by atoms with E-state index in [2.05, 4.69) is 15.3 Å². The number of carbonyl (C=O) groups excluding carboxylic acids is 2. The van der Waals surface area contributed by atoms with E-state index < -0.39 is 51.0 Å². The van der Waals surface area contributed by atoms with Gasteiger partial charge in [-0.05, 0) is 24.3 Å². The number of ether oxygens (including phenoxy) is 1. The summed E-state index contributed by atoms with van der Waals surface area (Å²) in [6.07, 6.45) is -3.75. The summed E-state index contributed by atoms with van der Waals surface area (Å²) in [5.41, 5.74) is 3.90. The molecule has 31 heavy (non-hydrogen) atoms. The lowest BCUT2D eigenvalue weighted by molar-refractivity contribution is -0.137. The van der Waals surface area contributed by atoms with Crippen LogP contribution in [0.15, 0.2) is 30.5 Å². The largest absolute Gasteiger partial charge is 0.493 e. The quantitative estimate of drug-likeness (QED) is 0.565. The Balaban J connectivity index is 2.12. The van der Waals surface area contributed by atoms with Gasteiger partial charge in [-0.1, -0.05) is 0 Å². The zero-order valence-electron chi connectivity index (χ0n) is 15.4. The fraction of sp³-hybridized carbons (Fsp3) is 0.111. The maximum absolute atomic E-state index is 14.1. The van der Waals surface area contributed by atoms with Crippen LogP contribution in [0.1, 0.15) is 26.0 Å². The number of benzene rings is 1. The lowest BCUT2D eigenvalue weighted by atomic mass is 10.1. The number of amides is 2. The van der Waals surface area contributed by atoms with E-state index in [1.54, 1.807) is 0 Å². The first kappa shape index (κ1) is 22.1. The number of rotatable bonds is 5. The molecule has 0 unspecified atom stereocenters. The molecule has 162 valence electrons. The molecule has 0 aliphatic carbocycles. The Morgan fingerprint density at radius 2 is 1.90 bits per heavy atom. The van der Waals surface area contributed by atoms with Gasteiger partial charge in [0.25, 0.3) is 11.8 Å². The summed E-state index contributed by atoms with van der Waals surface area (Å²) >= 11 is 0.0581. The van der Waals surface area contributed by atoms with Gasteiger partial charge in [-0.2, -0.15) is 17.6 Å². The normalized spacial score (nSPS) is 11.3. The highest BCUT2D eigenvalue weighted by Crippen LogP contribution is 2.43. The molecule has 13 heteroatoms. The third kappa shape index (κ3) is 4.45. The molecule has 2 aromatic heterocycles. The van der Waals surface area contributed by atoms with Crippen LogP contribution in [-0.2, 0) is 6.18 Å². The van der Waals surface area contributed by atoms with Crippen molar-refractivity contribution in [2.75, 3.05) is 12.4 Å². The van der Waals surface area contributed by atoms with Crippen LogP contribution >= 0.6 is 11.3 Å². The van der Waals surface area contributed by atoms with E-state index in [0.717, 1.165) is 25.4 Å². The fourth-order valence-electron chi connectivity index (χ4n) is 2.52. The van der Waals surface area contributed by atoms with Gasteiger partial charge in [0.1, 0.15) is 11.4 Å². The molecule has 1 aromatic carbocycles. The number of carbonyl (C=O) groups is 2. The summed E-state index contributed by atoms with van der Waals surface area (Å²) in [7, 11) is 0.995. The highest BCUT2D eigenvalue weighted by atomic mass is 32.1. The molecule has 2 heterocycles. The second-order valence-corrected chi connectivity index (χ2v) is 6.88. The number of hydrogen-bond donors (Lipinski definition) is 2. The first-order valence-electron chi connectivity index (χ1n) is 8.20. The minimum absolute atomic E-state index is 0.00133. The standard InChI is InChI=1S/C18H11F5N4O3S/c1-30-13-8(2-3-9(19)11(13)20)14-12(27-17(31-14)18(21,22)23)16(29)26-7-4-5-25-10(6-7)15(24)28/h2-6H,1H3,(H2,24,28)(H,25,26,29). The maximum Gasteiger partial charge on any atom is 0.443 e. The number of anilines is 1. The number of nitrogens with two attached hydrogens (primary N) is 1. The number of halogens is 5. The average molecular weight is 458 g/mol. The predicted octanol–water partition coefficient (Wildman–Crippen LogP) is 3.86. The van der Waals surface area contributed by atoms with Crippen LogP contribution in [0.3, 0.4) is 0 Å². The van der Waals surface area contributed by atoms with Gasteiger partial charge in [0.2, 0.25) is 5.82 Å². The molecule has 7 nitrogen and oxygen atoms in total. The number of primary amides is 1. The molecule has 0 saturated heterocycles. The topological polar surface area (TPSA) is 107 Å². The van der Waals surface area contributed by atoms with E-state index in [-0.39, 0.29) is 28.3 Å². The number of thiazole rings is 1. The summed E-state index contributed by atoms with van der Waals surface area (Å²) in [5, 5.41) is 0.891. The first-order valence-corrected chi connectivity index (χ1v) is 9.02. The zero-order valence-corrected chi connectivity index (χ0v) is 16.2. The molecule has 0 aliphatic heterocycles. The van der Waals surface area contributed by atoms with Crippen molar-refractivity contribution in [2.24, 2.45) is 5.73 Å². The second kappa shape index (κ2) is 8.26. The van der Waals surface area contributed by atoms with Crippen molar-refractivity contribution in [3.05, 3.63) is 58.5 Å². The third-order valence-electron chi connectivity index (χ3n) is 3.85. The lowest BCUT2D eigenvalue weighted by Crippen LogP contribution is -2.17. The van der Waals surface area contributed by atoms with Gasteiger partial charge in [-0.3, -0.25) is 14.6 Å². The molecule has 2 amide bonds. The Morgan fingerprint density at radius 1 is 1.19 bits per heavy atom. The van der Waals surface area contributed by atoms with Crippen molar-refractivity contribution in [1.29, 1.82) is 0 Å². The molecule has 0 saturated carbocycles. The van der Waals surface area contributed by atoms with Crippen LogP contribution in [0.5, 0.6) is 5.75 Å². The van der Waals surface area contributed by atoms with E-state index >= 15 is 0 Å². The molecule has 3 rings (SSSR count). The molecule has 0 bridgehead atoms. The summed E-state index contributed by atoms with van der Waals surface area (Å²) in [5.74, 6) is -5.41. The summed E-state index contributed by atoms with van der Waals surface area (Å²) in [4.78, 5) is 30.5. The molecule has 0 fully saturated rings. The Kier molecular flexibility index (Phi) is 5.88. The lowest BCUT2D eigenvalue weighted by Gasteiger charge is -2.10. The van der Waals surface area contributed by atoms with Crippen LogP contribution in [0, 0.1) is 11.6 Å². The molecular formula is C18H11F5N4O3S. The maximum atomic E-state index is 14.1. The van der Waals surface area contributed by atoms with Gasteiger partial charge in [-0.15, -0.1) is 11.3 Å². The van der Waals surface area contributed by atoms with Gasteiger partial charge in [0, 0.05) is 17.4 Å². The van der Waals surface area contributed by atoms with Crippen molar-refractivity contribution >= 4 is 28.8 Å². The number of nitrogens with zero attached hydrogens (tertiary/aromatic N) is 2. The van der Waals surface area contributed by atoms with Gasteiger partial charge in [-0.25, -0.2) is 9.37 Å². The highest BCUT2D eigenvalue weighted by Gasteiger charge is 2.38. The van der Waals surface area contributed by atoms with Crippen molar-refractivity contribution < 1.29 is 36.3 Å². The Bertz CT molecular complexity index is 1180. The molecule has 0 radical (unpaired) electrons. The van der Waals surface area contributed by atoms with Gasteiger partial charge in [0.15, 0.2) is 16.6 Å². The fourth-order valence-corrected chi connectivity index (χ4v) is 3.47. The predicted molar refractivity (Wildman–Crippen MR) is 99.7 cm³/mol. The molecule has 3 N–H and O–H groups in total. The van der Waals surface area contributed by atoms with Crippen molar-refractivity contribution in [2.45, 2.75) is 6.18 Å². The highest BCUT2D eigenvalue weighted by molar-refractivity contribution is 7.15. The minimum Gasteiger partial charge on any atom is -0.493 e. The summed E-state index contributed by atoms with van der Waals surface area (Å²) in [6.45, 7) is 0. The summed E-state index contributed by atoms with van der Waals surface area (Å²) in [6, 6.07) is 4.03. The molecular weight excluding hydrogens is 447 g/mol. The van der Waals surface area contributed by atoms with E-state index in [4.69, 9.17) is 10.5 Å². The number of aromatic nitrogens is 2. The number of nitrogens with one attached hydrogen (secondary N) is 1. The van der Waals surface area contributed by atoms with Gasteiger partial charge < -0.3 is 15.8 Å². The minimum atomic E-state index is -4.90. The third-order valence-corrected chi connectivity index (χ3v) is 4.99. The van der Waals surface area contributed by atoms with Crippen LogP contribution in [0.25, 0.3) is 10.4 Å². The number of alkyl halides is 3. The number of hydrogen-bond acceptors (Lipinski definition) is 6. The van der Waals surface area contributed by atoms with E-state index in [1.165, 1.54) is 6.07 Å². The van der Waals surface area contributed by atoms with Crippen molar-refractivity contribution in [1.82, 2.24) is 9.97 Å².